The quantitative estimate of drug-likeness (QED) is 0.670. The minimum atomic E-state index is -3.59. The second-order valence-corrected chi connectivity index (χ2v) is 9.80. The molecule has 9 heteroatoms. The number of piperazine rings is 1. The molecule has 3 aliphatic rings. The van der Waals surface area contributed by atoms with Crippen LogP contribution in [0.2, 0.25) is 0 Å². The Bertz CT molecular complexity index is 885. The molecule has 2 saturated heterocycles. The number of imide groups is 1. The second-order valence-electron chi connectivity index (χ2n) is 7.86. The summed E-state index contributed by atoms with van der Waals surface area (Å²) in [6, 6.07) is 8.21. The summed E-state index contributed by atoms with van der Waals surface area (Å²) < 4.78 is 26.8. The van der Waals surface area contributed by atoms with Crippen LogP contribution in [0.5, 0.6) is 0 Å². The molecule has 2 atom stereocenters. The monoisotopic (exact) mass is 419 g/mol. The topological polar surface area (TPSA) is 95.1 Å². The summed E-state index contributed by atoms with van der Waals surface area (Å²) in [5.74, 6) is -1.28. The lowest BCUT2D eigenvalue weighted by Crippen LogP contribution is -2.53. The molecule has 8 nitrogen and oxygen atoms in total. The number of carbonyl (C=O) groups is 3. The Balaban J connectivity index is 1.36. The lowest BCUT2D eigenvalue weighted by atomic mass is 9.81. The number of sulfonamides is 1. The lowest BCUT2D eigenvalue weighted by molar-refractivity contribution is -0.147. The number of nitrogens with zero attached hydrogens (tertiary/aromatic N) is 3. The predicted molar refractivity (Wildman–Crippen MR) is 104 cm³/mol. The van der Waals surface area contributed by atoms with Gasteiger partial charge in [0.25, 0.3) is 0 Å². The lowest BCUT2D eigenvalue weighted by Gasteiger charge is -2.34. The van der Waals surface area contributed by atoms with Gasteiger partial charge in [0, 0.05) is 26.2 Å². The van der Waals surface area contributed by atoms with E-state index in [2.05, 4.69) is 0 Å². The van der Waals surface area contributed by atoms with E-state index in [0.717, 1.165) is 30.6 Å². The number of amides is 3. The number of hydrogen-bond donors (Lipinski definition) is 0. The van der Waals surface area contributed by atoms with Gasteiger partial charge in [-0.25, -0.2) is 8.42 Å². The molecule has 2 aliphatic heterocycles. The van der Waals surface area contributed by atoms with Crippen molar-refractivity contribution in [2.75, 3.05) is 32.7 Å². The van der Waals surface area contributed by atoms with Gasteiger partial charge in [0.05, 0.1) is 16.7 Å². The van der Waals surface area contributed by atoms with Crippen LogP contribution in [0.4, 0.5) is 0 Å². The third kappa shape index (κ3) is 3.69. The maximum absolute atomic E-state index is 12.7. The van der Waals surface area contributed by atoms with Crippen molar-refractivity contribution in [1.82, 2.24) is 14.1 Å². The molecule has 0 aromatic heterocycles. The highest BCUT2D eigenvalue weighted by Crippen LogP contribution is 2.37. The van der Waals surface area contributed by atoms with E-state index < -0.39 is 10.0 Å². The molecular weight excluding hydrogens is 394 g/mol. The highest BCUT2D eigenvalue weighted by Gasteiger charge is 2.48. The van der Waals surface area contributed by atoms with Crippen LogP contribution in [0, 0.1) is 11.8 Å². The molecule has 0 spiro atoms. The Labute approximate surface area is 170 Å². The summed E-state index contributed by atoms with van der Waals surface area (Å²) in [4.78, 5) is 40.7. The SMILES string of the molecule is O=C(CN1C(=O)[C@H]2CCCC[C@H]2C1=O)N1CCN(S(=O)(=O)c2ccccc2)CC1. The fourth-order valence-corrected chi connectivity index (χ4v) is 5.98. The number of carbonyl (C=O) groups excluding carboxylic acids is 3. The minimum absolute atomic E-state index is 0.191. The molecule has 4 rings (SSSR count). The van der Waals surface area contributed by atoms with Crippen molar-refractivity contribution in [3.8, 4) is 0 Å². The molecule has 29 heavy (non-hydrogen) atoms. The fourth-order valence-electron chi connectivity index (χ4n) is 4.54. The van der Waals surface area contributed by atoms with Crippen molar-refractivity contribution in [3.63, 3.8) is 0 Å². The molecule has 0 bridgehead atoms. The molecule has 1 saturated carbocycles. The van der Waals surface area contributed by atoms with Gasteiger partial charge >= 0.3 is 0 Å². The Morgan fingerprint density at radius 3 is 2.00 bits per heavy atom. The van der Waals surface area contributed by atoms with Gasteiger partial charge in [-0.1, -0.05) is 31.0 Å². The standard InChI is InChI=1S/C20H25N3O5S/c24-18(14-23-19(25)16-8-4-5-9-17(16)20(23)26)21-10-12-22(13-11-21)29(27,28)15-6-2-1-3-7-15/h1-3,6-7,16-17H,4-5,8-14H2/t16-,17+. The first kappa shape index (κ1) is 20.0. The highest BCUT2D eigenvalue weighted by atomic mass is 32.2. The average molecular weight is 420 g/mol. The van der Waals surface area contributed by atoms with Crippen LogP contribution in [-0.4, -0.2) is 73.0 Å². The first-order chi connectivity index (χ1) is 13.9. The Morgan fingerprint density at radius 2 is 1.45 bits per heavy atom. The minimum Gasteiger partial charge on any atom is -0.338 e. The molecule has 1 aliphatic carbocycles. The van der Waals surface area contributed by atoms with E-state index in [0.29, 0.717) is 0 Å². The predicted octanol–water partition coefficient (Wildman–Crippen LogP) is 0.695. The Hall–Kier alpha value is -2.26. The maximum atomic E-state index is 12.7. The Kier molecular flexibility index (Phi) is 5.44. The summed E-state index contributed by atoms with van der Waals surface area (Å²) in [5.41, 5.74) is 0. The van der Waals surface area contributed by atoms with Crippen molar-refractivity contribution in [2.45, 2.75) is 30.6 Å². The zero-order valence-corrected chi connectivity index (χ0v) is 17.0. The number of fused-ring (bicyclic) bond motifs is 1. The van der Waals surface area contributed by atoms with Gasteiger partial charge in [-0.05, 0) is 25.0 Å². The summed E-state index contributed by atoms with van der Waals surface area (Å²) in [5, 5.41) is 0. The van der Waals surface area contributed by atoms with Gasteiger partial charge in [0.15, 0.2) is 0 Å². The molecule has 3 fully saturated rings. The van der Waals surface area contributed by atoms with Crippen LogP contribution in [0.15, 0.2) is 35.2 Å². The second kappa shape index (κ2) is 7.87. The summed E-state index contributed by atoms with van der Waals surface area (Å²) in [6.07, 6.45) is 3.32. The molecule has 156 valence electrons. The van der Waals surface area contributed by atoms with E-state index in [-0.39, 0.29) is 67.2 Å². The van der Waals surface area contributed by atoms with Crippen LogP contribution in [0.1, 0.15) is 25.7 Å². The van der Waals surface area contributed by atoms with Gasteiger partial charge in [0.1, 0.15) is 6.54 Å². The summed E-state index contributed by atoms with van der Waals surface area (Å²) in [6.45, 7) is 0.629. The van der Waals surface area contributed by atoms with Crippen LogP contribution in [0.25, 0.3) is 0 Å². The normalized spacial score (nSPS) is 25.9. The molecule has 0 unspecified atom stereocenters. The summed E-state index contributed by atoms with van der Waals surface area (Å²) >= 11 is 0. The molecule has 1 aromatic rings. The van der Waals surface area contributed by atoms with Crippen LogP contribution in [0.3, 0.4) is 0 Å². The third-order valence-electron chi connectivity index (χ3n) is 6.20. The molecule has 2 heterocycles. The van der Waals surface area contributed by atoms with Gasteiger partial charge in [-0.2, -0.15) is 4.31 Å². The van der Waals surface area contributed by atoms with Crippen molar-refractivity contribution < 1.29 is 22.8 Å². The molecule has 0 radical (unpaired) electrons. The first-order valence-corrected chi connectivity index (χ1v) is 11.5. The summed E-state index contributed by atoms with van der Waals surface area (Å²) in [7, 11) is -3.59. The van der Waals surface area contributed by atoms with E-state index in [1.807, 2.05) is 0 Å². The van der Waals surface area contributed by atoms with E-state index >= 15 is 0 Å². The van der Waals surface area contributed by atoms with E-state index in [4.69, 9.17) is 0 Å². The number of likely N-dealkylation sites (tertiary alicyclic amines) is 1. The van der Waals surface area contributed by atoms with Crippen molar-refractivity contribution in [3.05, 3.63) is 30.3 Å². The zero-order chi connectivity index (χ0) is 20.6. The van der Waals surface area contributed by atoms with Crippen LogP contribution < -0.4 is 0 Å². The zero-order valence-electron chi connectivity index (χ0n) is 16.2. The molecule has 3 amide bonds. The molecular formula is C20H25N3O5S. The van der Waals surface area contributed by atoms with Crippen molar-refractivity contribution in [2.24, 2.45) is 11.8 Å². The van der Waals surface area contributed by atoms with Gasteiger partial charge in [-0.3, -0.25) is 19.3 Å². The van der Waals surface area contributed by atoms with Gasteiger partial charge in [0.2, 0.25) is 27.7 Å². The number of hydrogen-bond acceptors (Lipinski definition) is 5. The average Bonchev–Trinajstić information content (AvgIpc) is 2.99. The molecule has 1 aromatic carbocycles. The van der Waals surface area contributed by atoms with E-state index in [1.54, 1.807) is 35.2 Å². The van der Waals surface area contributed by atoms with Gasteiger partial charge in [-0.15, -0.1) is 0 Å². The highest BCUT2D eigenvalue weighted by molar-refractivity contribution is 7.89. The number of rotatable bonds is 4. The van der Waals surface area contributed by atoms with Crippen molar-refractivity contribution in [1.29, 1.82) is 0 Å². The largest absolute Gasteiger partial charge is 0.338 e. The molecule has 0 N–H and O–H groups in total. The first-order valence-electron chi connectivity index (χ1n) is 10.1. The van der Waals surface area contributed by atoms with E-state index in [9.17, 15) is 22.8 Å². The third-order valence-corrected chi connectivity index (χ3v) is 8.11. The van der Waals surface area contributed by atoms with Crippen LogP contribution in [-0.2, 0) is 24.4 Å². The maximum Gasteiger partial charge on any atom is 0.243 e. The van der Waals surface area contributed by atoms with Gasteiger partial charge < -0.3 is 4.90 Å². The smallest absolute Gasteiger partial charge is 0.243 e. The number of benzene rings is 1. The van der Waals surface area contributed by atoms with Crippen molar-refractivity contribution >= 4 is 27.7 Å². The fraction of sp³-hybridized carbons (Fsp3) is 0.550. The van der Waals surface area contributed by atoms with Crippen LogP contribution >= 0.6 is 0 Å². The van der Waals surface area contributed by atoms with E-state index in [1.165, 1.54) is 4.31 Å². The Morgan fingerprint density at radius 1 is 0.897 bits per heavy atom.